The smallest absolute Gasteiger partial charge is 0.0252 e. The maximum Gasteiger partial charge on any atom is 0.0252 e. The van der Waals surface area contributed by atoms with Crippen LogP contribution in [0.3, 0.4) is 0 Å². The monoisotopic (exact) mass is 455 g/mol. The predicted molar refractivity (Wildman–Crippen MR) is 150 cm³/mol. The minimum Gasteiger partial charge on any atom is -0.316 e. The quantitative estimate of drug-likeness (QED) is 0.434. The molecule has 2 nitrogen and oxygen atoms in total. The van der Waals surface area contributed by atoms with Crippen LogP contribution in [0.15, 0.2) is 0 Å². The zero-order valence-electron chi connectivity index (χ0n) is 25.2. The van der Waals surface area contributed by atoms with E-state index in [2.05, 4.69) is 79.9 Å². The SMILES string of the molecule is CC.CC.CC(C)C1(C(C)(C)C)CCCCCN1.CC(C)C1(C(C)(C)C)CCCCNC1. The molecule has 32 heavy (non-hydrogen) atoms. The molecular weight excluding hydrogens is 388 g/mol. The minimum atomic E-state index is 0.351. The van der Waals surface area contributed by atoms with E-state index in [9.17, 15) is 0 Å². The first-order chi connectivity index (χ1) is 14.8. The molecule has 2 aliphatic rings. The Bertz CT molecular complexity index is 379. The Morgan fingerprint density at radius 1 is 0.594 bits per heavy atom. The van der Waals surface area contributed by atoms with Gasteiger partial charge in [-0.3, -0.25) is 0 Å². The molecule has 0 bridgehead atoms. The molecule has 2 unspecified atom stereocenters. The van der Waals surface area contributed by atoms with E-state index in [0.717, 1.165) is 11.8 Å². The fourth-order valence-corrected chi connectivity index (χ4v) is 6.19. The second-order valence-corrected chi connectivity index (χ2v) is 12.3. The second-order valence-electron chi connectivity index (χ2n) is 12.3. The normalized spacial score (nSPS) is 27.0. The highest BCUT2D eigenvalue weighted by molar-refractivity contribution is 5.01. The van der Waals surface area contributed by atoms with Crippen molar-refractivity contribution in [2.24, 2.45) is 28.1 Å². The van der Waals surface area contributed by atoms with E-state index in [1.54, 1.807) is 0 Å². The molecule has 0 aromatic rings. The van der Waals surface area contributed by atoms with Crippen molar-refractivity contribution < 1.29 is 0 Å². The molecule has 2 saturated heterocycles. The zero-order valence-corrected chi connectivity index (χ0v) is 25.2. The molecule has 2 fully saturated rings. The van der Waals surface area contributed by atoms with Gasteiger partial charge in [0, 0.05) is 12.1 Å². The van der Waals surface area contributed by atoms with Gasteiger partial charge in [0.15, 0.2) is 0 Å². The number of rotatable bonds is 2. The second kappa shape index (κ2) is 15.8. The van der Waals surface area contributed by atoms with Crippen molar-refractivity contribution in [3.05, 3.63) is 0 Å². The summed E-state index contributed by atoms with van der Waals surface area (Å²) in [6.07, 6.45) is 9.62. The summed E-state index contributed by atoms with van der Waals surface area (Å²) in [5, 5.41) is 7.46. The third-order valence-corrected chi connectivity index (χ3v) is 8.28. The fourth-order valence-electron chi connectivity index (χ4n) is 6.19. The summed E-state index contributed by atoms with van der Waals surface area (Å²) in [4.78, 5) is 0. The van der Waals surface area contributed by atoms with Crippen LogP contribution >= 0.6 is 0 Å². The lowest BCUT2D eigenvalue weighted by molar-refractivity contribution is 0.0259. The molecule has 2 heterocycles. The molecule has 0 aromatic heterocycles. The first-order valence-electron chi connectivity index (χ1n) is 14.3. The molecule has 0 saturated carbocycles. The number of hydrogen-bond donors (Lipinski definition) is 2. The van der Waals surface area contributed by atoms with E-state index in [-0.39, 0.29) is 0 Å². The van der Waals surface area contributed by atoms with Crippen molar-refractivity contribution in [3.8, 4) is 0 Å². The summed E-state index contributed by atoms with van der Waals surface area (Å²) < 4.78 is 0. The van der Waals surface area contributed by atoms with Gasteiger partial charge >= 0.3 is 0 Å². The average Bonchev–Trinajstić information content (AvgIpc) is 3.13. The molecule has 0 aliphatic carbocycles. The van der Waals surface area contributed by atoms with Crippen molar-refractivity contribution in [2.75, 3.05) is 19.6 Å². The highest BCUT2D eigenvalue weighted by atomic mass is 15.0. The minimum absolute atomic E-state index is 0.351. The van der Waals surface area contributed by atoms with Crippen molar-refractivity contribution >= 4 is 0 Å². The molecule has 0 amide bonds. The van der Waals surface area contributed by atoms with E-state index < -0.39 is 0 Å². The zero-order chi connectivity index (χ0) is 25.6. The van der Waals surface area contributed by atoms with E-state index in [4.69, 9.17) is 0 Å². The summed E-state index contributed by atoms with van der Waals surface area (Å²) in [6.45, 7) is 35.5. The Labute approximate surface area is 205 Å². The summed E-state index contributed by atoms with van der Waals surface area (Å²) in [5.41, 5.74) is 1.62. The number of hydrogen-bond acceptors (Lipinski definition) is 2. The van der Waals surface area contributed by atoms with Crippen LogP contribution in [0.5, 0.6) is 0 Å². The van der Waals surface area contributed by atoms with E-state index in [1.165, 1.54) is 64.6 Å². The van der Waals surface area contributed by atoms with Crippen molar-refractivity contribution in [1.82, 2.24) is 10.6 Å². The van der Waals surface area contributed by atoms with E-state index in [1.807, 2.05) is 27.7 Å². The molecule has 0 radical (unpaired) electrons. The average molecular weight is 455 g/mol. The molecule has 196 valence electrons. The van der Waals surface area contributed by atoms with Crippen LogP contribution in [0, 0.1) is 28.1 Å². The maximum absolute atomic E-state index is 3.83. The molecule has 0 spiro atoms. The molecule has 2 aliphatic heterocycles. The lowest BCUT2D eigenvalue weighted by Gasteiger charge is -2.48. The van der Waals surface area contributed by atoms with E-state index >= 15 is 0 Å². The van der Waals surface area contributed by atoms with Crippen molar-refractivity contribution in [3.63, 3.8) is 0 Å². The van der Waals surface area contributed by atoms with Crippen LogP contribution < -0.4 is 10.6 Å². The third kappa shape index (κ3) is 9.28. The summed E-state index contributed by atoms with van der Waals surface area (Å²) in [6, 6.07) is 0. The standard InChI is InChI=1S/2C13H27N.2C2H6/c1-11(2)13(12(3,4)5)8-6-7-9-14-10-13;1-11(2)13(12(3,4)5)9-7-6-8-10-14-13;2*1-2/h2*11,14H,6-10H2,1-5H3;2*1-2H3. The van der Waals surface area contributed by atoms with Crippen LogP contribution in [0.2, 0.25) is 0 Å². The Hall–Kier alpha value is -0.0800. The van der Waals surface area contributed by atoms with Gasteiger partial charge in [-0.2, -0.15) is 0 Å². The van der Waals surface area contributed by atoms with Crippen LogP contribution in [0.25, 0.3) is 0 Å². The molecular formula is C30H66N2. The first-order valence-corrected chi connectivity index (χ1v) is 14.3. The highest BCUT2D eigenvalue weighted by Crippen LogP contribution is 2.48. The lowest BCUT2D eigenvalue weighted by atomic mass is 9.58. The summed E-state index contributed by atoms with van der Waals surface area (Å²) in [7, 11) is 0. The Morgan fingerprint density at radius 2 is 1.09 bits per heavy atom. The van der Waals surface area contributed by atoms with Crippen LogP contribution in [-0.2, 0) is 0 Å². The maximum atomic E-state index is 3.83. The van der Waals surface area contributed by atoms with Crippen LogP contribution in [0.4, 0.5) is 0 Å². The van der Waals surface area contributed by atoms with Crippen LogP contribution in [0.1, 0.15) is 142 Å². The van der Waals surface area contributed by atoms with Gasteiger partial charge in [-0.15, -0.1) is 0 Å². The Morgan fingerprint density at radius 3 is 1.53 bits per heavy atom. The Kier molecular flexibility index (Phi) is 16.8. The summed E-state index contributed by atoms with van der Waals surface area (Å²) in [5.74, 6) is 1.49. The van der Waals surface area contributed by atoms with Gasteiger partial charge in [-0.1, -0.05) is 116 Å². The molecule has 0 aromatic carbocycles. The van der Waals surface area contributed by atoms with E-state index in [0.29, 0.717) is 21.8 Å². The fraction of sp³-hybridized carbons (Fsp3) is 1.00. The van der Waals surface area contributed by atoms with Crippen LogP contribution in [-0.4, -0.2) is 25.2 Å². The van der Waals surface area contributed by atoms with Gasteiger partial charge in [0.2, 0.25) is 0 Å². The third-order valence-electron chi connectivity index (χ3n) is 8.28. The Balaban J connectivity index is 0. The van der Waals surface area contributed by atoms with Crippen molar-refractivity contribution in [1.29, 1.82) is 0 Å². The molecule has 2 N–H and O–H groups in total. The van der Waals surface area contributed by atoms with Gasteiger partial charge in [-0.25, -0.2) is 0 Å². The van der Waals surface area contributed by atoms with Gasteiger partial charge in [0.1, 0.15) is 0 Å². The van der Waals surface area contributed by atoms with Gasteiger partial charge in [-0.05, 0) is 66.9 Å². The van der Waals surface area contributed by atoms with Gasteiger partial charge in [0.25, 0.3) is 0 Å². The first kappa shape index (κ1) is 34.1. The molecule has 2 atom stereocenters. The number of nitrogens with one attached hydrogen (secondary N) is 2. The highest BCUT2D eigenvalue weighted by Gasteiger charge is 2.44. The topological polar surface area (TPSA) is 24.1 Å². The molecule has 2 heteroatoms. The van der Waals surface area contributed by atoms with Gasteiger partial charge in [0.05, 0.1) is 0 Å². The lowest BCUT2D eigenvalue weighted by Crippen LogP contribution is -2.58. The largest absolute Gasteiger partial charge is 0.316 e. The van der Waals surface area contributed by atoms with Gasteiger partial charge < -0.3 is 10.6 Å². The summed E-state index contributed by atoms with van der Waals surface area (Å²) >= 11 is 0. The van der Waals surface area contributed by atoms with Crippen molar-refractivity contribution in [2.45, 2.75) is 147 Å². The molecule has 2 rings (SSSR count). The predicted octanol–water partition coefficient (Wildman–Crippen LogP) is 9.09.